The third kappa shape index (κ3) is 6.15. The number of carbonyl (C=O) groups is 1. The molecule has 3 nitrogen and oxygen atoms in total. The van der Waals surface area contributed by atoms with Gasteiger partial charge in [-0.05, 0) is 54.8 Å². The Labute approximate surface area is 159 Å². The minimum absolute atomic E-state index is 0.0297. The summed E-state index contributed by atoms with van der Waals surface area (Å²) in [6.07, 6.45) is 2.59. The number of nitrogens with one attached hydrogen (secondary N) is 1. The lowest BCUT2D eigenvalue weighted by Crippen LogP contribution is -2.24. The van der Waals surface area contributed by atoms with E-state index in [1.807, 2.05) is 0 Å². The van der Waals surface area contributed by atoms with Gasteiger partial charge in [-0.3, -0.25) is 9.69 Å². The van der Waals surface area contributed by atoms with Crippen LogP contribution >= 0.6 is 11.8 Å². The quantitative estimate of drug-likeness (QED) is 0.761. The molecule has 138 valence electrons. The second-order valence-corrected chi connectivity index (χ2v) is 7.68. The van der Waals surface area contributed by atoms with Crippen molar-refractivity contribution in [2.75, 3.05) is 18.8 Å². The topological polar surface area (TPSA) is 32.3 Å². The van der Waals surface area contributed by atoms with Gasteiger partial charge >= 0.3 is 0 Å². The van der Waals surface area contributed by atoms with Crippen molar-refractivity contribution < 1.29 is 9.18 Å². The van der Waals surface area contributed by atoms with E-state index in [9.17, 15) is 9.18 Å². The summed E-state index contributed by atoms with van der Waals surface area (Å²) in [6.45, 7) is 3.93. The number of hydrogen-bond donors (Lipinski definition) is 1. The molecule has 0 atom stereocenters. The van der Waals surface area contributed by atoms with Crippen LogP contribution < -0.4 is 5.32 Å². The molecule has 0 aliphatic carbocycles. The lowest BCUT2D eigenvalue weighted by molar-refractivity contribution is -0.118. The highest BCUT2D eigenvalue weighted by atomic mass is 32.2. The molecule has 26 heavy (non-hydrogen) atoms. The molecule has 0 spiro atoms. The zero-order valence-corrected chi connectivity index (χ0v) is 15.7. The molecule has 1 saturated heterocycles. The van der Waals surface area contributed by atoms with Crippen LogP contribution in [0.15, 0.2) is 48.5 Å². The number of likely N-dealkylation sites (tertiary alicyclic amines) is 1. The van der Waals surface area contributed by atoms with Crippen molar-refractivity contribution in [2.24, 2.45) is 0 Å². The van der Waals surface area contributed by atoms with Gasteiger partial charge in [0.05, 0.1) is 5.75 Å². The Morgan fingerprint density at radius 3 is 2.54 bits per heavy atom. The van der Waals surface area contributed by atoms with Crippen LogP contribution in [-0.2, 0) is 23.6 Å². The highest BCUT2D eigenvalue weighted by Crippen LogP contribution is 2.15. The van der Waals surface area contributed by atoms with Crippen LogP contribution in [0.3, 0.4) is 0 Å². The first-order valence-electron chi connectivity index (χ1n) is 9.08. The molecule has 1 N–H and O–H groups in total. The maximum atomic E-state index is 12.9. The molecule has 2 aromatic carbocycles. The first-order chi connectivity index (χ1) is 12.7. The highest BCUT2D eigenvalue weighted by molar-refractivity contribution is 7.99. The zero-order valence-electron chi connectivity index (χ0n) is 14.9. The molecule has 1 amide bonds. The smallest absolute Gasteiger partial charge is 0.230 e. The van der Waals surface area contributed by atoms with E-state index in [4.69, 9.17) is 0 Å². The summed E-state index contributed by atoms with van der Waals surface area (Å²) in [6, 6.07) is 14.9. The van der Waals surface area contributed by atoms with E-state index in [1.165, 1.54) is 55.4 Å². The molecule has 0 radical (unpaired) electrons. The molecule has 0 saturated carbocycles. The molecular formula is C21H25FN2OS. The fourth-order valence-corrected chi connectivity index (χ4v) is 3.95. The maximum Gasteiger partial charge on any atom is 0.230 e. The van der Waals surface area contributed by atoms with Gasteiger partial charge in [-0.2, -0.15) is 0 Å². The van der Waals surface area contributed by atoms with Gasteiger partial charge in [0.1, 0.15) is 5.82 Å². The average molecular weight is 373 g/mol. The summed E-state index contributed by atoms with van der Waals surface area (Å²) in [4.78, 5) is 14.5. The van der Waals surface area contributed by atoms with Crippen LogP contribution in [0.25, 0.3) is 0 Å². The molecule has 3 rings (SSSR count). The van der Waals surface area contributed by atoms with E-state index in [1.54, 1.807) is 12.1 Å². The van der Waals surface area contributed by atoms with Crippen molar-refractivity contribution >= 4 is 17.7 Å². The summed E-state index contributed by atoms with van der Waals surface area (Å²) in [5, 5.41) is 2.98. The summed E-state index contributed by atoms with van der Waals surface area (Å²) in [5.74, 6) is 0.912. The summed E-state index contributed by atoms with van der Waals surface area (Å²) in [5.41, 5.74) is 3.47. The van der Waals surface area contributed by atoms with Gasteiger partial charge in [0.2, 0.25) is 5.91 Å². The minimum Gasteiger partial charge on any atom is -0.351 e. The van der Waals surface area contributed by atoms with Crippen molar-refractivity contribution in [3.8, 4) is 0 Å². The number of benzene rings is 2. The molecule has 5 heteroatoms. The van der Waals surface area contributed by atoms with Crippen LogP contribution in [0.5, 0.6) is 0 Å². The Hall–Kier alpha value is -1.85. The summed E-state index contributed by atoms with van der Waals surface area (Å²) >= 11 is 1.54. The Kier molecular flexibility index (Phi) is 7.09. The third-order valence-electron chi connectivity index (χ3n) is 4.50. The maximum absolute atomic E-state index is 12.9. The van der Waals surface area contributed by atoms with Crippen LogP contribution in [0.4, 0.5) is 4.39 Å². The van der Waals surface area contributed by atoms with E-state index < -0.39 is 0 Å². The Morgan fingerprint density at radius 1 is 1.04 bits per heavy atom. The van der Waals surface area contributed by atoms with E-state index in [2.05, 4.69) is 34.5 Å². The first kappa shape index (κ1) is 18.9. The minimum atomic E-state index is -0.233. The monoisotopic (exact) mass is 372 g/mol. The van der Waals surface area contributed by atoms with E-state index in [-0.39, 0.29) is 11.7 Å². The number of rotatable bonds is 8. The molecule has 0 unspecified atom stereocenters. The average Bonchev–Trinajstić information content (AvgIpc) is 3.15. The van der Waals surface area contributed by atoms with Crippen molar-refractivity contribution in [1.29, 1.82) is 0 Å². The van der Waals surface area contributed by atoms with E-state index in [0.29, 0.717) is 18.1 Å². The number of halogens is 1. The Balaban J connectivity index is 1.39. The fourth-order valence-electron chi connectivity index (χ4n) is 3.13. The SMILES string of the molecule is O=C(CSCc1ccc(F)cc1)NCc1cccc(CN2CCCC2)c1. The number of carbonyl (C=O) groups excluding carboxylic acids is 1. The number of amides is 1. The second kappa shape index (κ2) is 9.74. The number of hydrogen-bond acceptors (Lipinski definition) is 3. The molecule has 1 heterocycles. The van der Waals surface area contributed by atoms with E-state index in [0.717, 1.165) is 17.7 Å². The van der Waals surface area contributed by atoms with Gasteiger partial charge < -0.3 is 5.32 Å². The Morgan fingerprint density at radius 2 is 1.77 bits per heavy atom. The summed E-state index contributed by atoms with van der Waals surface area (Å²) < 4.78 is 12.9. The standard InChI is InChI=1S/C21H25FN2OS/c22-20-8-6-17(7-9-20)15-26-16-21(25)23-13-18-4-3-5-19(12-18)14-24-10-1-2-11-24/h3-9,12H,1-2,10-11,13-16H2,(H,23,25). The Bertz CT molecular complexity index is 714. The number of thioether (sulfide) groups is 1. The predicted molar refractivity (Wildman–Crippen MR) is 105 cm³/mol. The van der Waals surface area contributed by atoms with Gasteiger partial charge in [-0.1, -0.05) is 36.4 Å². The largest absolute Gasteiger partial charge is 0.351 e. The first-order valence-corrected chi connectivity index (χ1v) is 10.2. The molecule has 0 bridgehead atoms. The van der Waals surface area contributed by atoms with Crippen LogP contribution in [0, 0.1) is 5.82 Å². The van der Waals surface area contributed by atoms with E-state index >= 15 is 0 Å². The van der Waals surface area contributed by atoms with Crippen LogP contribution in [0.1, 0.15) is 29.5 Å². The lowest BCUT2D eigenvalue weighted by Gasteiger charge is -2.15. The fraction of sp³-hybridized carbons (Fsp3) is 0.381. The molecular weight excluding hydrogens is 347 g/mol. The zero-order chi connectivity index (χ0) is 18.2. The second-order valence-electron chi connectivity index (χ2n) is 6.70. The third-order valence-corrected chi connectivity index (χ3v) is 5.50. The van der Waals surface area contributed by atoms with Gasteiger partial charge in [0.25, 0.3) is 0 Å². The normalized spacial score (nSPS) is 14.5. The van der Waals surface area contributed by atoms with Crippen LogP contribution in [0.2, 0.25) is 0 Å². The molecule has 1 aliphatic heterocycles. The van der Waals surface area contributed by atoms with Crippen molar-refractivity contribution in [2.45, 2.75) is 31.7 Å². The van der Waals surface area contributed by atoms with Gasteiger partial charge in [-0.15, -0.1) is 11.8 Å². The molecule has 1 fully saturated rings. The van der Waals surface area contributed by atoms with Gasteiger partial charge in [0.15, 0.2) is 0 Å². The molecule has 1 aliphatic rings. The molecule has 2 aromatic rings. The van der Waals surface area contributed by atoms with Crippen molar-refractivity contribution in [3.05, 3.63) is 71.0 Å². The predicted octanol–water partition coefficient (Wildman–Crippen LogP) is 3.97. The van der Waals surface area contributed by atoms with Gasteiger partial charge in [0, 0.05) is 18.8 Å². The number of nitrogens with zero attached hydrogens (tertiary/aromatic N) is 1. The highest BCUT2D eigenvalue weighted by Gasteiger charge is 2.11. The van der Waals surface area contributed by atoms with Crippen molar-refractivity contribution in [1.82, 2.24) is 10.2 Å². The van der Waals surface area contributed by atoms with Gasteiger partial charge in [-0.25, -0.2) is 4.39 Å². The van der Waals surface area contributed by atoms with Crippen molar-refractivity contribution in [3.63, 3.8) is 0 Å². The summed E-state index contributed by atoms with van der Waals surface area (Å²) in [7, 11) is 0. The molecule has 0 aromatic heterocycles. The lowest BCUT2D eigenvalue weighted by atomic mass is 10.1. The van der Waals surface area contributed by atoms with Crippen LogP contribution in [-0.4, -0.2) is 29.6 Å².